The van der Waals surface area contributed by atoms with E-state index in [9.17, 15) is 9.18 Å². The quantitative estimate of drug-likeness (QED) is 0.824. The fourth-order valence-corrected chi connectivity index (χ4v) is 2.95. The molecule has 1 N–H and O–H groups in total. The summed E-state index contributed by atoms with van der Waals surface area (Å²) >= 11 is 0. The highest BCUT2D eigenvalue weighted by atomic mass is 19.1. The number of methoxy groups -OCH3 is 2. The van der Waals surface area contributed by atoms with E-state index in [-0.39, 0.29) is 29.3 Å². The highest BCUT2D eigenvalue weighted by molar-refractivity contribution is 5.68. The van der Waals surface area contributed by atoms with Crippen LogP contribution in [0, 0.1) is 12.0 Å². The normalized spacial score (nSPS) is 28.5. The topological polar surface area (TPSA) is 91.3 Å². The number of nitrogens with zero attached hydrogens (tertiary/aromatic N) is 3. The molecule has 1 saturated heterocycles. The van der Waals surface area contributed by atoms with Crippen molar-refractivity contribution in [1.29, 1.82) is 0 Å². The van der Waals surface area contributed by atoms with Crippen LogP contribution < -0.4 is 5.56 Å². The highest BCUT2D eigenvalue weighted by Crippen LogP contribution is 2.37. The maximum atomic E-state index is 13.4. The number of imidazole rings is 1. The van der Waals surface area contributed by atoms with Crippen molar-refractivity contribution in [3.63, 3.8) is 0 Å². The first-order valence-electron chi connectivity index (χ1n) is 6.86. The Morgan fingerprint density at radius 3 is 2.95 bits per heavy atom. The molecule has 0 radical (unpaired) electrons. The average molecular weight is 312 g/mol. The largest absolute Gasteiger partial charge is 0.382 e. The van der Waals surface area contributed by atoms with Crippen LogP contribution in [-0.2, 0) is 14.2 Å². The Morgan fingerprint density at radius 1 is 1.50 bits per heavy atom. The first-order valence-corrected chi connectivity index (χ1v) is 6.86. The lowest BCUT2D eigenvalue weighted by Gasteiger charge is -2.19. The van der Waals surface area contributed by atoms with Gasteiger partial charge in [0.05, 0.1) is 19.0 Å². The van der Waals surface area contributed by atoms with Gasteiger partial charge in [0.2, 0.25) is 0 Å². The molecule has 3 rings (SSSR count). The summed E-state index contributed by atoms with van der Waals surface area (Å²) in [7, 11) is 3.18. The second-order valence-electron chi connectivity index (χ2n) is 5.26. The molecule has 2 aromatic heterocycles. The summed E-state index contributed by atoms with van der Waals surface area (Å²) in [6.07, 6.45) is -0.450. The minimum absolute atomic E-state index is 0.0494. The van der Waals surface area contributed by atoms with Crippen LogP contribution in [0.1, 0.15) is 13.2 Å². The Kier molecular flexibility index (Phi) is 3.94. The van der Waals surface area contributed by atoms with E-state index >= 15 is 0 Å². The SMILES string of the molecule is COC[C@H]1O[C@@H](n2cnc3c(=O)[nH]c(F)nc32)[C@@H](C)C1OC. The van der Waals surface area contributed by atoms with E-state index in [1.54, 1.807) is 18.8 Å². The van der Waals surface area contributed by atoms with Gasteiger partial charge in [-0.25, -0.2) is 4.98 Å². The fourth-order valence-electron chi connectivity index (χ4n) is 2.95. The number of fused-ring (bicyclic) bond motifs is 1. The molecule has 4 atom stereocenters. The van der Waals surface area contributed by atoms with Crippen LogP contribution in [0.15, 0.2) is 11.1 Å². The molecule has 0 aromatic carbocycles. The third-order valence-electron chi connectivity index (χ3n) is 3.93. The summed E-state index contributed by atoms with van der Waals surface area (Å²) in [5.74, 6) is -0.0494. The van der Waals surface area contributed by atoms with E-state index in [0.29, 0.717) is 6.61 Å². The lowest BCUT2D eigenvalue weighted by atomic mass is 10.0. The number of hydrogen-bond acceptors (Lipinski definition) is 6. The van der Waals surface area contributed by atoms with Crippen molar-refractivity contribution in [3.8, 4) is 0 Å². The van der Waals surface area contributed by atoms with E-state index in [0.717, 1.165) is 0 Å². The second-order valence-corrected chi connectivity index (χ2v) is 5.26. The number of nitrogens with one attached hydrogen (secondary N) is 1. The summed E-state index contributed by atoms with van der Waals surface area (Å²) in [5.41, 5.74) is -0.406. The number of aromatic nitrogens is 4. The molecule has 3 heterocycles. The molecule has 1 aliphatic rings. The Balaban J connectivity index is 2.02. The Labute approximate surface area is 125 Å². The van der Waals surface area contributed by atoms with Gasteiger partial charge in [-0.15, -0.1) is 0 Å². The van der Waals surface area contributed by atoms with Crippen LogP contribution in [0.25, 0.3) is 11.2 Å². The molecule has 0 amide bonds. The Hall–Kier alpha value is -1.84. The van der Waals surface area contributed by atoms with Crippen LogP contribution in [-0.4, -0.2) is 52.6 Å². The molecule has 0 spiro atoms. The molecule has 0 aliphatic carbocycles. The number of H-pyrrole nitrogens is 1. The van der Waals surface area contributed by atoms with E-state index in [2.05, 4.69) is 9.97 Å². The van der Waals surface area contributed by atoms with Gasteiger partial charge in [-0.1, -0.05) is 6.92 Å². The monoisotopic (exact) mass is 312 g/mol. The first-order chi connectivity index (χ1) is 10.6. The molecular weight excluding hydrogens is 295 g/mol. The summed E-state index contributed by atoms with van der Waals surface area (Å²) in [6, 6.07) is 0. The zero-order valence-electron chi connectivity index (χ0n) is 12.4. The first kappa shape index (κ1) is 15.1. The van der Waals surface area contributed by atoms with Crippen molar-refractivity contribution in [2.75, 3.05) is 20.8 Å². The molecule has 0 saturated carbocycles. The molecule has 1 aliphatic heterocycles. The maximum Gasteiger partial charge on any atom is 0.291 e. The fraction of sp³-hybridized carbons (Fsp3) is 0.615. The van der Waals surface area contributed by atoms with Crippen LogP contribution in [0.5, 0.6) is 0 Å². The summed E-state index contributed by atoms with van der Waals surface area (Å²) in [4.78, 5) is 21.4. The minimum Gasteiger partial charge on any atom is -0.382 e. The highest BCUT2D eigenvalue weighted by Gasteiger charge is 2.43. The van der Waals surface area contributed by atoms with Gasteiger partial charge < -0.3 is 14.2 Å². The predicted octanol–water partition coefficient (Wildman–Crippen LogP) is 0.454. The van der Waals surface area contributed by atoms with Crippen molar-refractivity contribution >= 4 is 11.2 Å². The van der Waals surface area contributed by atoms with Gasteiger partial charge >= 0.3 is 0 Å². The van der Waals surface area contributed by atoms with Crippen molar-refractivity contribution in [2.24, 2.45) is 5.92 Å². The van der Waals surface area contributed by atoms with Crippen LogP contribution in [0.3, 0.4) is 0 Å². The summed E-state index contributed by atoms with van der Waals surface area (Å²) < 4.78 is 31.5. The van der Waals surface area contributed by atoms with E-state index in [1.165, 1.54) is 6.33 Å². The van der Waals surface area contributed by atoms with Gasteiger partial charge in [0, 0.05) is 20.1 Å². The molecule has 1 fully saturated rings. The molecule has 120 valence electrons. The van der Waals surface area contributed by atoms with Gasteiger partial charge in [-0.05, 0) is 0 Å². The standard InChI is InChI=1S/C13H17FN4O4/c1-6-9(21-3)7(4-20-2)22-12(6)18-5-15-8-10(18)16-13(14)17-11(8)19/h5-7,9,12H,4H2,1-3H3,(H,16,17,19)/t6-,7+,9?,12+/m0/s1. The Morgan fingerprint density at radius 2 is 2.27 bits per heavy atom. The van der Waals surface area contributed by atoms with E-state index < -0.39 is 17.9 Å². The van der Waals surface area contributed by atoms with Crippen molar-refractivity contribution in [1.82, 2.24) is 19.5 Å². The molecular formula is C13H17FN4O4. The maximum absolute atomic E-state index is 13.4. The third-order valence-corrected chi connectivity index (χ3v) is 3.93. The van der Waals surface area contributed by atoms with Gasteiger partial charge in [0.1, 0.15) is 12.3 Å². The zero-order chi connectivity index (χ0) is 15.9. The van der Waals surface area contributed by atoms with Gasteiger partial charge in [0.25, 0.3) is 11.6 Å². The van der Waals surface area contributed by atoms with Crippen molar-refractivity contribution in [3.05, 3.63) is 22.8 Å². The zero-order valence-corrected chi connectivity index (χ0v) is 12.4. The summed E-state index contributed by atoms with van der Waals surface area (Å²) in [5, 5.41) is 0. The number of ether oxygens (including phenoxy) is 3. The third kappa shape index (κ3) is 2.31. The van der Waals surface area contributed by atoms with E-state index in [1.807, 2.05) is 11.9 Å². The molecule has 1 unspecified atom stereocenters. The molecule has 9 heteroatoms. The number of hydrogen-bond donors (Lipinski definition) is 1. The number of aromatic amines is 1. The molecule has 8 nitrogen and oxygen atoms in total. The number of rotatable bonds is 4. The van der Waals surface area contributed by atoms with Crippen LogP contribution >= 0.6 is 0 Å². The predicted molar refractivity (Wildman–Crippen MR) is 73.9 cm³/mol. The lowest BCUT2D eigenvalue weighted by molar-refractivity contribution is -0.0600. The minimum atomic E-state index is -0.957. The molecule has 2 aromatic rings. The number of halogens is 1. The van der Waals surface area contributed by atoms with E-state index in [4.69, 9.17) is 14.2 Å². The summed E-state index contributed by atoms with van der Waals surface area (Å²) in [6.45, 7) is 2.32. The van der Waals surface area contributed by atoms with Crippen molar-refractivity contribution in [2.45, 2.75) is 25.4 Å². The molecule has 0 bridgehead atoms. The van der Waals surface area contributed by atoms with Gasteiger partial charge in [0.15, 0.2) is 11.2 Å². The van der Waals surface area contributed by atoms with Gasteiger partial charge in [-0.2, -0.15) is 9.37 Å². The average Bonchev–Trinajstić information content (AvgIpc) is 3.01. The van der Waals surface area contributed by atoms with Gasteiger partial charge in [-0.3, -0.25) is 14.3 Å². The Bertz CT molecular complexity index is 730. The van der Waals surface area contributed by atoms with Crippen LogP contribution in [0.2, 0.25) is 0 Å². The second kappa shape index (κ2) is 5.75. The molecule has 22 heavy (non-hydrogen) atoms. The lowest BCUT2D eigenvalue weighted by Crippen LogP contribution is -2.31. The smallest absolute Gasteiger partial charge is 0.291 e. The van der Waals surface area contributed by atoms with Crippen molar-refractivity contribution < 1.29 is 18.6 Å². The van der Waals surface area contributed by atoms with Crippen LogP contribution in [0.4, 0.5) is 4.39 Å².